The number of hydrogen-bond acceptors (Lipinski definition) is 9. The van der Waals surface area contributed by atoms with E-state index in [2.05, 4.69) is 36.1 Å². The summed E-state index contributed by atoms with van der Waals surface area (Å²) in [6.07, 6.45) is 0.224. The van der Waals surface area contributed by atoms with Crippen molar-refractivity contribution in [2.75, 3.05) is 50.1 Å². The zero-order valence-corrected chi connectivity index (χ0v) is 25.5. The van der Waals surface area contributed by atoms with Gasteiger partial charge in [0.2, 0.25) is 5.91 Å². The quantitative estimate of drug-likeness (QED) is 0.375. The van der Waals surface area contributed by atoms with Crippen LogP contribution in [0.15, 0.2) is 18.2 Å². The summed E-state index contributed by atoms with van der Waals surface area (Å²) < 4.78 is 6.14. The lowest BCUT2D eigenvalue weighted by Gasteiger charge is -2.34. The Balaban J connectivity index is 1.67. The highest BCUT2D eigenvalue weighted by Crippen LogP contribution is 2.42. The third-order valence-electron chi connectivity index (χ3n) is 7.91. The summed E-state index contributed by atoms with van der Waals surface area (Å²) in [7, 11) is 2.02. The molecule has 2 aromatic rings. The van der Waals surface area contributed by atoms with E-state index in [4.69, 9.17) is 4.74 Å². The molecule has 13 nitrogen and oxygen atoms in total. The molecule has 3 heterocycles. The third kappa shape index (κ3) is 6.25. The number of anilines is 2. The van der Waals surface area contributed by atoms with Gasteiger partial charge in [0.15, 0.2) is 0 Å². The molecule has 2 amide bonds. The Morgan fingerprint density at radius 2 is 1.81 bits per heavy atom. The Bertz CT molecular complexity index is 1390. The van der Waals surface area contributed by atoms with Crippen LogP contribution in [0.1, 0.15) is 76.0 Å². The number of carbonyl (C=O) groups excluding carboxylic acids is 3. The van der Waals surface area contributed by atoms with Crippen LogP contribution >= 0.6 is 0 Å². The van der Waals surface area contributed by atoms with Crippen molar-refractivity contribution in [3.8, 4) is 0 Å². The Hall–Kier alpha value is -4.00. The average molecular weight is 584 g/mol. The highest BCUT2D eigenvalue weighted by Gasteiger charge is 2.46. The van der Waals surface area contributed by atoms with E-state index in [9.17, 15) is 24.5 Å². The first kappa shape index (κ1) is 30.9. The van der Waals surface area contributed by atoms with Gasteiger partial charge in [0.1, 0.15) is 11.4 Å². The van der Waals surface area contributed by atoms with Crippen LogP contribution in [0.5, 0.6) is 0 Å². The summed E-state index contributed by atoms with van der Waals surface area (Å²) in [6.45, 7) is 14.8. The maximum atomic E-state index is 13.6. The Morgan fingerprint density at radius 3 is 2.40 bits per heavy atom. The van der Waals surface area contributed by atoms with Crippen LogP contribution in [0.3, 0.4) is 0 Å². The van der Waals surface area contributed by atoms with E-state index in [-0.39, 0.29) is 41.5 Å². The van der Waals surface area contributed by atoms with Gasteiger partial charge in [-0.2, -0.15) is 5.10 Å². The first-order valence-corrected chi connectivity index (χ1v) is 14.3. The summed E-state index contributed by atoms with van der Waals surface area (Å²) in [4.78, 5) is 57.1. The van der Waals surface area contributed by atoms with Crippen LogP contribution in [-0.4, -0.2) is 82.2 Å². The molecule has 42 heavy (non-hydrogen) atoms. The van der Waals surface area contributed by atoms with Crippen molar-refractivity contribution >= 4 is 35.1 Å². The zero-order valence-electron chi connectivity index (χ0n) is 25.5. The lowest BCUT2D eigenvalue weighted by molar-refractivity contribution is -0.385. The van der Waals surface area contributed by atoms with Gasteiger partial charge in [-0.1, -0.05) is 20.8 Å². The number of amides is 2. The van der Waals surface area contributed by atoms with Crippen molar-refractivity contribution in [3.05, 3.63) is 45.1 Å². The molecule has 1 N–H and O–H groups in total. The number of piperazine rings is 1. The molecule has 0 atom stereocenters. The maximum Gasteiger partial charge on any atom is 0.436 e. The number of rotatable bonds is 7. The second kappa shape index (κ2) is 11.7. The van der Waals surface area contributed by atoms with Gasteiger partial charge in [-0.3, -0.25) is 19.7 Å². The highest BCUT2D eigenvalue weighted by molar-refractivity contribution is 6.08. The number of ether oxygens (including phenoxy) is 1. The first-order valence-electron chi connectivity index (χ1n) is 14.3. The van der Waals surface area contributed by atoms with Crippen LogP contribution < -0.4 is 10.2 Å². The van der Waals surface area contributed by atoms with Crippen molar-refractivity contribution in [1.29, 1.82) is 0 Å². The number of nitrogens with zero attached hydrogens (tertiary/aromatic N) is 6. The first-order chi connectivity index (χ1) is 19.6. The molecule has 0 radical (unpaired) electrons. The number of nitrogens with one attached hydrogen (secondary N) is 1. The molecular formula is C29H41N7O6. The fraction of sp³-hybridized carbons (Fsp3) is 0.586. The number of carbonyl (C=O) groups is 3. The monoisotopic (exact) mass is 583 g/mol. The van der Waals surface area contributed by atoms with E-state index in [0.717, 1.165) is 17.8 Å². The van der Waals surface area contributed by atoms with Gasteiger partial charge in [0, 0.05) is 49.9 Å². The molecule has 228 valence electrons. The van der Waals surface area contributed by atoms with Crippen LogP contribution in [-0.2, 0) is 21.6 Å². The molecule has 0 saturated carbocycles. The largest absolute Gasteiger partial charge is 0.448 e. The zero-order chi connectivity index (χ0) is 31.0. The number of hydrogen-bond donors (Lipinski definition) is 1. The summed E-state index contributed by atoms with van der Waals surface area (Å²) in [5, 5.41) is 19.2. The molecule has 0 unspecified atom stereocenters. The number of nitro groups is 1. The second-order valence-corrected chi connectivity index (χ2v) is 12.6. The van der Waals surface area contributed by atoms with E-state index in [1.54, 1.807) is 17.9 Å². The Kier molecular flexibility index (Phi) is 8.63. The topological polar surface area (TPSA) is 143 Å². The van der Waals surface area contributed by atoms with Crippen molar-refractivity contribution in [3.63, 3.8) is 0 Å². The number of fused-ring (bicyclic) bond motifs is 1. The molecule has 0 spiro atoms. The fourth-order valence-electron chi connectivity index (χ4n) is 5.34. The number of benzene rings is 1. The van der Waals surface area contributed by atoms with Gasteiger partial charge >= 0.3 is 6.09 Å². The second-order valence-electron chi connectivity index (χ2n) is 12.6. The minimum Gasteiger partial charge on any atom is -0.448 e. The third-order valence-corrected chi connectivity index (χ3v) is 7.91. The van der Waals surface area contributed by atoms with Crippen LogP contribution in [0, 0.1) is 15.5 Å². The van der Waals surface area contributed by atoms with Crippen LogP contribution in [0.25, 0.3) is 0 Å². The molecule has 1 fully saturated rings. The predicted molar refractivity (Wildman–Crippen MR) is 158 cm³/mol. The minimum atomic E-state index is -0.863. The van der Waals surface area contributed by atoms with E-state index in [1.165, 1.54) is 12.1 Å². The maximum absolute atomic E-state index is 13.6. The van der Waals surface area contributed by atoms with Gasteiger partial charge in [-0.25, -0.2) is 4.79 Å². The van der Waals surface area contributed by atoms with E-state index in [1.807, 2.05) is 25.8 Å². The number of likely N-dealkylation sites (N-methyl/N-ethyl adjacent to an activating group) is 1. The van der Waals surface area contributed by atoms with E-state index in [0.29, 0.717) is 42.9 Å². The molecule has 1 saturated heterocycles. The van der Waals surface area contributed by atoms with E-state index >= 15 is 0 Å². The molecule has 4 rings (SSSR count). The van der Waals surface area contributed by atoms with Crippen molar-refractivity contribution in [1.82, 2.24) is 19.6 Å². The molecule has 2 aliphatic rings. The number of aromatic nitrogens is 2. The minimum absolute atomic E-state index is 0.0271. The highest BCUT2D eigenvalue weighted by atomic mass is 16.6. The van der Waals surface area contributed by atoms with Crippen molar-refractivity contribution in [2.24, 2.45) is 5.41 Å². The van der Waals surface area contributed by atoms with Gasteiger partial charge in [0.25, 0.3) is 11.6 Å². The summed E-state index contributed by atoms with van der Waals surface area (Å²) in [5.41, 5.74) is 0.214. The smallest absolute Gasteiger partial charge is 0.436 e. The van der Waals surface area contributed by atoms with Crippen LogP contribution in [0.2, 0.25) is 0 Å². The predicted octanol–water partition coefficient (Wildman–Crippen LogP) is 4.20. The molecule has 2 aliphatic heterocycles. The van der Waals surface area contributed by atoms with Gasteiger partial charge in [-0.15, -0.1) is 4.68 Å². The normalized spacial score (nSPS) is 16.7. The van der Waals surface area contributed by atoms with Gasteiger partial charge in [-0.05, 0) is 51.8 Å². The summed E-state index contributed by atoms with van der Waals surface area (Å²) in [6, 6.07) is 4.53. The Labute approximate surface area is 245 Å². The van der Waals surface area contributed by atoms with Gasteiger partial charge < -0.3 is 24.8 Å². The van der Waals surface area contributed by atoms with Gasteiger partial charge in [0.05, 0.1) is 29.3 Å². The van der Waals surface area contributed by atoms with Crippen LogP contribution in [0.4, 0.5) is 22.0 Å². The molecule has 0 bridgehead atoms. The fourth-order valence-corrected chi connectivity index (χ4v) is 5.34. The standard InChI is InChI=1S/C29H41N7O6/c1-8-42-27(39)35-25(21-18-34(29(5,6)24(21)31-35)23(37)11-12-28(2,3)4)30-26(38)20-10-9-19(17-22(20)36(40)41)33-15-13-32(7)14-16-33/h9-10,17H,8,11-16,18H2,1-7H3,(H,30,38). The molecule has 1 aromatic heterocycles. The van der Waals surface area contributed by atoms with E-state index < -0.39 is 22.5 Å². The molecule has 0 aliphatic carbocycles. The lowest BCUT2D eigenvalue weighted by atomic mass is 9.90. The summed E-state index contributed by atoms with van der Waals surface area (Å²) in [5.74, 6) is -0.803. The average Bonchev–Trinajstić information content (AvgIpc) is 3.41. The van der Waals surface area contributed by atoms with Crippen molar-refractivity contribution in [2.45, 2.75) is 66.5 Å². The Morgan fingerprint density at radius 1 is 1.14 bits per heavy atom. The molecular weight excluding hydrogens is 542 g/mol. The number of nitro benzene ring substituents is 1. The SMILES string of the molecule is CCOC(=O)n1nc2c(c1NC(=O)c1ccc(N3CCN(C)CC3)cc1[N+](=O)[O-])CN(C(=O)CCC(C)(C)C)C2(C)C. The lowest BCUT2D eigenvalue weighted by Crippen LogP contribution is -2.44. The molecule has 13 heteroatoms. The summed E-state index contributed by atoms with van der Waals surface area (Å²) >= 11 is 0. The molecule has 1 aromatic carbocycles. The van der Waals surface area contributed by atoms with Crippen molar-refractivity contribution < 1.29 is 24.0 Å².